The molecule has 2 aromatic carbocycles. The lowest BCUT2D eigenvalue weighted by molar-refractivity contribution is 0.415. The predicted octanol–water partition coefficient (Wildman–Crippen LogP) is 5.22. The third-order valence-electron chi connectivity index (χ3n) is 5.16. The number of aromatic amines is 1. The van der Waals surface area contributed by atoms with Crippen LogP contribution in [-0.2, 0) is 6.54 Å². The van der Waals surface area contributed by atoms with Crippen molar-refractivity contribution < 1.29 is 9.84 Å². The zero-order valence-corrected chi connectivity index (χ0v) is 19.3. The highest BCUT2D eigenvalue weighted by molar-refractivity contribution is 7.99. The van der Waals surface area contributed by atoms with Gasteiger partial charge in [0.05, 0.1) is 23.9 Å². The number of nitriles is 1. The van der Waals surface area contributed by atoms with Crippen LogP contribution in [0.1, 0.15) is 25.6 Å². The van der Waals surface area contributed by atoms with Crippen LogP contribution in [0.15, 0.2) is 59.4 Å². The molecule has 9 heteroatoms. The Morgan fingerprint density at radius 2 is 1.97 bits per heavy atom. The molecule has 8 nitrogen and oxygen atoms in total. The van der Waals surface area contributed by atoms with Crippen LogP contribution in [0.4, 0.5) is 0 Å². The number of hydrogen-bond acceptors (Lipinski definition) is 7. The van der Waals surface area contributed by atoms with Gasteiger partial charge in [0.1, 0.15) is 23.2 Å². The van der Waals surface area contributed by atoms with E-state index >= 15 is 0 Å². The number of allylic oxidation sites excluding steroid dienone is 1. The molecule has 2 aromatic heterocycles. The Kier molecular flexibility index (Phi) is 6.95. The second-order valence-electron chi connectivity index (χ2n) is 7.36. The number of nitrogens with zero attached hydrogens (tertiary/aromatic N) is 5. The minimum absolute atomic E-state index is 0.0578. The second-order valence-corrected chi connectivity index (χ2v) is 8.31. The van der Waals surface area contributed by atoms with Crippen molar-refractivity contribution in [2.24, 2.45) is 0 Å². The molecule has 0 unspecified atom stereocenters. The molecule has 0 amide bonds. The molecule has 2 N–H and O–H groups in total. The van der Waals surface area contributed by atoms with Crippen molar-refractivity contribution in [2.45, 2.75) is 31.5 Å². The van der Waals surface area contributed by atoms with Crippen molar-refractivity contribution in [3.05, 3.63) is 60.1 Å². The van der Waals surface area contributed by atoms with Gasteiger partial charge in [-0.25, -0.2) is 4.98 Å². The van der Waals surface area contributed by atoms with Crippen molar-refractivity contribution in [1.82, 2.24) is 24.7 Å². The summed E-state index contributed by atoms with van der Waals surface area (Å²) >= 11 is 1.34. The summed E-state index contributed by atoms with van der Waals surface area (Å²) in [5.41, 5.74) is 2.60. The Balaban J connectivity index is 1.59. The summed E-state index contributed by atoms with van der Waals surface area (Å²) in [6.45, 7) is 2.89. The Morgan fingerprint density at radius 3 is 2.67 bits per heavy atom. The fourth-order valence-corrected chi connectivity index (χ4v) is 4.24. The molecule has 0 atom stereocenters. The van der Waals surface area contributed by atoms with E-state index in [-0.39, 0.29) is 17.1 Å². The number of H-pyrrole nitrogens is 1. The first-order valence-electron chi connectivity index (χ1n) is 10.6. The highest BCUT2D eigenvalue weighted by atomic mass is 32.2. The van der Waals surface area contributed by atoms with Crippen molar-refractivity contribution in [2.75, 3.05) is 12.9 Å². The average molecular weight is 461 g/mol. The van der Waals surface area contributed by atoms with Crippen molar-refractivity contribution in [3.8, 4) is 23.2 Å². The van der Waals surface area contributed by atoms with Crippen LogP contribution in [0.25, 0.3) is 28.0 Å². The third kappa shape index (κ3) is 4.86. The monoisotopic (exact) mass is 460 g/mol. The van der Waals surface area contributed by atoms with Crippen LogP contribution < -0.4 is 4.74 Å². The van der Waals surface area contributed by atoms with E-state index in [4.69, 9.17) is 4.74 Å². The molecule has 33 heavy (non-hydrogen) atoms. The largest absolute Gasteiger partial charge is 0.510 e. The van der Waals surface area contributed by atoms with E-state index < -0.39 is 0 Å². The molecular weight excluding hydrogens is 436 g/mol. The van der Waals surface area contributed by atoms with Crippen LogP contribution in [0.2, 0.25) is 0 Å². The molecule has 4 rings (SSSR count). The number of aromatic nitrogens is 5. The molecule has 0 aliphatic carbocycles. The minimum Gasteiger partial charge on any atom is -0.510 e. The summed E-state index contributed by atoms with van der Waals surface area (Å²) in [5.74, 6) is 2.00. The molecule has 0 aliphatic heterocycles. The molecule has 0 spiro atoms. The number of fused-ring (bicyclic) bond motifs is 1. The smallest absolute Gasteiger partial charge is 0.191 e. The normalized spacial score (nSPS) is 11.9. The number of imidazole rings is 1. The van der Waals surface area contributed by atoms with Gasteiger partial charge in [0.2, 0.25) is 0 Å². The number of thioether (sulfide) groups is 1. The van der Waals surface area contributed by atoms with Gasteiger partial charge in [-0.05, 0) is 42.8 Å². The van der Waals surface area contributed by atoms with Crippen LogP contribution in [0.5, 0.6) is 5.75 Å². The first kappa shape index (κ1) is 22.4. The quantitative estimate of drug-likeness (QED) is 0.200. The zero-order valence-electron chi connectivity index (χ0n) is 18.4. The van der Waals surface area contributed by atoms with Crippen molar-refractivity contribution >= 4 is 28.4 Å². The molecule has 168 valence electrons. The van der Waals surface area contributed by atoms with Gasteiger partial charge in [-0.3, -0.25) is 0 Å². The molecule has 0 bridgehead atoms. The van der Waals surface area contributed by atoms with Gasteiger partial charge in [0, 0.05) is 12.1 Å². The lowest BCUT2D eigenvalue weighted by Gasteiger charge is -2.10. The second kappa shape index (κ2) is 10.2. The van der Waals surface area contributed by atoms with Gasteiger partial charge in [-0.2, -0.15) is 5.26 Å². The van der Waals surface area contributed by atoms with Gasteiger partial charge in [0.15, 0.2) is 16.8 Å². The number of ether oxygens (including phenoxy) is 1. The fourth-order valence-electron chi connectivity index (χ4n) is 3.40. The van der Waals surface area contributed by atoms with E-state index in [2.05, 4.69) is 37.7 Å². The van der Waals surface area contributed by atoms with E-state index in [9.17, 15) is 10.4 Å². The van der Waals surface area contributed by atoms with Gasteiger partial charge < -0.3 is 19.4 Å². The molecule has 0 radical (unpaired) electrons. The Hall–Kier alpha value is -3.77. The van der Waals surface area contributed by atoms with Gasteiger partial charge in [-0.15, -0.1) is 10.2 Å². The van der Waals surface area contributed by atoms with E-state index in [1.165, 1.54) is 11.8 Å². The maximum absolute atomic E-state index is 10.7. The van der Waals surface area contributed by atoms with Crippen molar-refractivity contribution in [1.29, 1.82) is 5.26 Å². The molecule has 4 aromatic rings. The number of aliphatic hydroxyl groups is 1. The number of methoxy groups -OCH3 is 1. The van der Waals surface area contributed by atoms with E-state index in [0.29, 0.717) is 11.0 Å². The Morgan fingerprint density at radius 1 is 1.18 bits per heavy atom. The first-order chi connectivity index (χ1) is 16.1. The van der Waals surface area contributed by atoms with Crippen LogP contribution >= 0.6 is 11.8 Å². The first-order valence-corrected chi connectivity index (χ1v) is 11.6. The summed E-state index contributed by atoms with van der Waals surface area (Å²) in [6, 6.07) is 17.3. The van der Waals surface area contributed by atoms with E-state index in [0.717, 1.165) is 47.6 Å². The lowest BCUT2D eigenvalue weighted by atomic mass is 10.2. The summed E-state index contributed by atoms with van der Waals surface area (Å²) in [6.07, 6.45) is 2.00. The SMILES string of the molecule is CCCCn1c(SCC(O)=C(C#N)c2nc3ccccc3[nH]2)nnc1-c1ccc(OC)cc1. The zero-order chi connectivity index (χ0) is 23.2. The summed E-state index contributed by atoms with van der Waals surface area (Å²) < 4.78 is 7.30. The number of nitrogens with one attached hydrogen (secondary N) is 1. The molecule has 0 aliphatic rings. The fraction of sp³-hybridized carbons (Fsp3) is 0.250. The van der Waals surface area contributed by atoms with Gasteiger partial charge in [-0.1, -0.05) is 37.2 Å². The van der Waals surface area contributed by atoms with Crippen LogP contribution in [0.3, 0.4) is 0 Å². The molecule has 2 heterocycles. The molecular formula is C24H24N6O2S. The third-order valence-corrected chi connectivity index (χ3v) is 6.14. The molecule has 0 saturated carbocycles. The van der Waals surface area contributed by atoms with Crippen molar-refractivity contribution in [3.63, 3.8) is 0 Å². The lowest BCUT2D eigenvalue weighted by Crippen LogP contribution is -2.04. The standard InChI is InChI=1S/C24H24N6O2S/c1-3-4-13-30-23(16-9-11-17(32-2)12-10-16)28-29-24(30)33-15-21(31)18(14-25)22-26-19-7-5-6-8-20(19)27-22/h5-12,31H,3-4,13,15H2,1-2H3,(H,26,27). The molecule has 0 saturated heterocycles. The number of unbranched alkanes of at least 4 members (excludes halogenated alkanes) is 1. The maximum atomic E-state index is 10.7. The van der Waals surface area contributed by atoms with Gasteiger partial charge in [0.25, 0.3) is 0 Å². The van der Waals surface area contributed by atoms with E-state index in [1.807, 2.05) is 48.5 Å². The topological polar surface area (TPSA) is 113 Å². The maximum Gasteiger partial charge on any atom is 0.191 e. The number of aliphatic hydroxyl groups excluding tert-OH is 1. The summed E-state index contributed by atoms with van der Waals surface area (Å²) in [7, 11) is 1.63. The number of benzene rings is 2. The Bertz CT molecular complexity index is 1280. The highest BCUT2D eigenvalue weighted by Gasteiger charge is 2.18. The summed E-state index contributed by atoms with van der Waals surface area (Å²) in [4.78, 5) is 7.52. The number of rotatable bonds is 9. The molecule has 0 fully saturated rings. The Labute approximate surface area is 196 Å². The summed E-state index contributed by atoms with van der Waals surface area (Å²) in [5, 5.41) is 29.8. The van der Waals surface area contributed by atoms with E-state index in [1.54, 1.807) is 7.11 Å². The number of para-hydroxylation sites is 2. The van der Waals surface area contributed by atoms with Gasteiger partial charge >= 0.3 is 0 Å². The minimum atomic E-state index is -0.0578. The predicted molar refractivity (Wildman–Crippen MR) is 129 cm³/mol. The van der Waals surface area contributed by atoms with Crippen LogP contribution in [0, 0.1) is 11.3 Å². The number of hydrogen-bond donors (Lipinski definition) is 2. The highest BCUT2D eigenvalue weighted by Crippen LogP contribution is 2.28. The average Bonchev–Trinajstić information content (AvgIpc) is 3.45. The van der Waals surface area contributed by atoms with Crippen LogP contribution in [-0.4, -0.2) is 42.7 Å².